The second-order valence-electron chi connectivity index (χ2n) is 7.13. The number of aryl methyl sites for hydroxylation is 1. The first-order valence-corrected chi connectivity index (χ1v) is 8.09. The Hall–Kier alpha value is -0.780. The van der Waals surface area contributed by atoms with Crippen LogP contribution in [0.5, 0.6) is 0 Å². The minimum atomic E-state index is 0.644. The van der Waals surface area contributed by atoms with Crippen LogP contribution in [-0.2, 0) is 0 Å². The molecule has 0 radical (unpaired) electrons. The van der Waals surface area contributed by atoms with Gasteiger partial charge in [-0.05, 0) is 73.0 Å². The Morgan fingerprint density at radius 2 is 1.58 bits per heavy atom. The Balaban J connectivity index is 2.06. The van der Waals surface area contributed by atoms with Crippen LogP contribution in [0.4, 0.5) is 0 Å². The molecule has 1 aromatic rings. The average molecular weight is 258 g/mol. The molecule has 0 heteroatoms. The van der Waals surface area contributed by atoms with E-state index in [1.165, 1.54) is 36.8 Å². The minimum absolute atomic E-state index is 0.644. The highest BCUT2D eigenvalue weighted by Gasteiger charge is 2.24. The van der Waals surface area contributed by atoms with Crippen LogP contribution in [0.15, 0.2) is 18.2 Å². The second kappa shape index (κ2) is 6.11. The Morgan fingerprint density at radius 3 is 2.05 bits per heavy atom. The van der Waals surface area contributed by atoms with Crippen molar-refractivity contribution in [2.45, 2.75) is 72.1 Å². The predicted molar refractivity (Wildman–Crippen MR) is 84.8 cm³/mol. The number of rotatable bonds is 3. The van der Waals surface area contributed by atoms with E-state index in [1.807, 2.05) is 0 Å². The summed E-state index contributed by atoms with van der Waals surface area (Å²) in [6.45, 7) is 11.6. The zero-order valence-corrected chi connectivity index (χ0v) is 13.4. The first-order valence-electron chi connectivity index (χ1n) is 8.09. The van der Waals surface area contributed by atoms with Gasteiger partial charge in [-0.15, -0.1) is 0 Å². The smallest absolute Gasteiger partial charge is 0.0162 e. The van der Waals surface area contributed by atoms with Gasteiger partial charge in [0.2, 0.25) is 0 Å². The van der Waals surface area contributed by atoms with Gasteiger partial charge in [-0.2, -0.15) is 0 Å². The summed E-state index contributed by atoms with van der Waals surface area (Å²) in [5, 5.41) is 0. The van der Waals surface area contributed by atoms with Gasteiger partial charge in [0.1, 0.15) is 0 Å². The predicted octanol–water partition coefficient (Wildman–Crippen LogP) is 6.05. The minimum Gasteiger partial charge on any atom is -0.0625 e. The quantitative estimate of drug-likeness (QED) is 0.619. The van der Waals surface area contributed by atoms with Crippen molar-refractivity contribution in [1.29, 1.82) is 0 Å². The van der Waals surface area contributed by atoms with E-state index < -0.39 is 0 Å². The molecule has 106 valence electrons. The van der Waals surface area contributed by atoms with Gasteiger partial charge in [-0.25, -0.2) is 0 Å². The van der Waals surface area contributed by atoms with Gasteiger partial charge in [-0.3, -0.25) is 0 Å². The van der Waals surface area contributed by atoms with E-state index in [-0.39, 0.29) is 0 Å². The van der Waals surface area contributed by atoms with Crippen LogP contribution in [0, 0.1) is 18.8 Å². The van der Waals surface area contributed by atoms with Gasteiger partial charge < -0.3 is 0 Å². The summed E-state index contributed by atoms with van der Waals surface area (Å²) in [6.07, 6.45) is 5.63. The summed E-state index contributed by atoms with van der Waals surface area (Å²) in [5.74, 6) is 3.29. The highest BCUT2D eigenvalue weighted by Crippen LogP contribution is 2.39. The van der Waals surface area contributed by atoms with Gasteiger partial charge in [0.15, 0.2) is 0 Å². The van der Waals surface area contributed by atoms with Crippen molar-refractivity contribution in [2.24, 2.45) is 11.8 Å². The lowest BCUT2D eigenvalue weighted by Crippen LogP contribution is -2.17. The Morgan fingerprint density at radius 1 is 0.947 bits per heavy atom. The van der Waals surface area contributed by atoms with Crippen molar-refractivity contribution in [3.05, 3.63) is 34.9 Å². The highest BCUT2D eigenvalue weighted by atomic mass is 14.3. The van der Waals surface area contributed by atoms with Crippen molar-refractivity contribution in [3.8, 4) is 0 Å². The summed E-state index contributed by atoms with van der Waals surface area (Å²) >= 11 is 0. The van der Waals surface area contributed by atoms with E-state index in [0.29, 0.717) is 5.92 Å². The fraction of sp³-hybridized carbons (Fsp3) is 0.684. The first kappa shape index (κ1) is 14.6. The van der Waals surface area contributed by atoms with Crippen molar-refractivity contribution < 1.29 is 0 Å². The summed E-state index contributed by atoms with van der Waals surface area (Å²) in [7, 11) is 0. The monoisotopic (exact) mass is 258 g/mol. The van der Waals surface area contributed by atoms with Crippen LogP contribution in [0.1, 0.15) is 81.9 Å². The number of hydrogen-bond donors (Lipinski definition) is 0. The molecule has 0 aliphatic heterocycles. The van der Waals surface area contributed by atoms with E-state index in [0.717, 1.165) is 17.8 Å². The highest BCUT2D eigenvalue weighted by molar-refractivity contribution is 5.34. The lowest BCUT2D eigenvalue weighted by atomic mass is 9.74. The van der Waals surface area contributed by atoms with Gasteiger partial charge >= 0.3 is 0 Å². The maximum absolute atomic E-state index is 2.45. The van der Waals surface area contributed by atoms with E-state index in [1.54, 1.807) is 5.56 Å². The lowest BCUT2D eigenvalue weighted by molar-refractivity contribution is 0.259. The molecular weight excluding hydrogens is 228 g/mol. The molecule has 0 atom stereocenters. The van der Waals surface area contributed by atoms with Crippen molar-refractivity contribution in [1.82, 2.24) is 0 Å². The van der Waals surface area contributed by atoms with E-state index in [2.05, 4.69) is 52.8 Å². The van der Waals surface area contributed by atoms with Gasteiger partial charge in [-0.1, -0.05) is 45.9 Å². The molecule has 0 nitrogen and oxygen atoms in total. The molecule has 1 aromatic carbocycles. The third-order valence-electron chi connectivity index (χ3n) is 5.10. The zero-order chi connectivity index (χ0) is 14.0. The van der Waals surface area contributed by atoms with E-state index >= 15 is 0 Å². The summed E-state index contributed by atoms with van der Waals surface area (Å²) in [6, 6.07) is 7.21. The molecule has 2 rings (SSSR count). The van der Waals surface area contributed by atoms with E-state index in [9.17, 15) is 0 Å². The molecule has 0 heterocycles. The second-order valence-corrected chi connectivity index (χ2v) is 7.13. The largest absolute Gasteiger partial charge is 0.0625 e. The zero-order valence-electron chi connectivity index (χ0n) is 13.4. The Labute approximate surface area is 119 Å². The average Bonchev–Trinajstić information content (AvgIpc) is 2.38. The molecular formula is C19H30. The van der Waals surface area contributed by atoms with Crippen molar-refractivity contribution in [2.75, 3.05) is 0 Å². The van der Waals surface area contributed by atoms with Crippen molar-refractivity contribution >= 4 is 0 Å². The van der Waals surface area contributed by atoms with Crippen LogP contribution in [0.25, 0.3) is 0 Å². The molecule has 0 unspecified atom stereocenters. The fourth-order valence-corrected chi connectivity index (χ4v) is 3.72. The molecule has 0 aromatic heterocycles. The molecule has 0 saturated heterocycles. The van der Waals surface area contributed by atoms with Gasteiger partial charge in [0.25, 0.3) is 0 Å². The summed E-state index contributed by atoms with van der Waals surface area (Å²) in [5.41, 5.74) is 4.59. The van der Waals surface area contributed by atoms with Crippen LogP contribution < -0.4 is 0 Å². The standard InChI is InChI=1S/C19H30/c1-13(2)16-6-8-17(9-7-16)18-10-11-19(14(3)4)15(5)12-18/h10-14,16-17H,6-9H2,1-5H3. The molecule has 0 spiro atoms. The summed E-state index contributed by atoms with van der Waals surface area (Å²) in [4.78, 5) is 0. The Kier molecular flexibility index (Phi) is 4.71. The molecule has 0 bridgehead atoms. The molecule has 0 amide bonds. The molecule has 1 aliphatic rings. The Bertz CT molecular complexity index is 406. The van der Waals surface area contributed by atoms with Crippen LogP contribution in [0.2, 0.25) is 0 Å². The first-order chi connectivity index (χ1) is 8.99. The fourth-order valence-electron chi connectivity index (χ4n) is 3.72. The van der Waals surface area contributed by atoms with Crippen LogP contribution in [0.3, 0.4) is 0 Å². The topological polar surface area (TPSA) is 0 Å². The summed E-state index contributed by atoms with van der Waals surface area (Å²) < 4.78 is 0. The van der Waals surface area contributed by atoms with Gasteiger partial charge in [0.05, 0.1) is 0 Å². The number of hydrogen-bond acceptors (Lipinski definition) is 0. The SMILES string of the molecule is Cc1cc(C2CCC(C(C)C)CC2)ccc1C(C)C. The van der Waals surface area contributed by atoms with E-state index in [4.69, 9.17) is 0 Å². The van der Waals surface area contributed by atoms with Gasteiger partial charge in [0, 0.05) is 0 Å². The molecule has 19 heavy (non-hydrogen) atoms. The third kappa shape index (κ3) is 3.41. The maximum atomic E-state index is 2.45. The lowest BCUT2D eigenvalue weighted by Gasteiger charge is -2.31. The maximum Gasteiger partial charge on any atom is -0.0162 e. The van der Waals surface area contributed by atoms with Crippen molar-refractivity contribution in [3.63, 3.8) is 0 Å². The number of benzene rings is 1. The van der Waals surface area contributed by atoms with Crippen LogP contribution in [-0.4, -0.2) is 0 Å². The molecule has 1 aliphatic carbocycles. The normalized spacial score (nSPS) is 24.2. The van der Waals surface area contributed by atoms with Crippen LogP contribution >= 0.6 is 0 Å². The molecule has 1 saturated carbocycles. The molecule has 1 fully saturated rings. The third-order valence-corrected chi connectivity index (χ3v) is 5.10. The molecule has 0 N–H and O–H groups in total.